The van der Waals surface area contributed by atoms with Crippen LogP contribution in [0.25, 0.3) is 10.8 Å². The van der Waals surface area contributed by atoms with Crippen molar-refractivity contribution in [3.8, 4) is 0 Å². The van der Waals surface area contributed by atoms with Crippen molar-refractivity contribution in [3.05, 3.63) is 77.9 Å². The van der Waals surface area contributed by atoms with E-state index in [1.54, 1.807) is 15.9 Å². The maximum Gasteiger partial charge on any atom is 0.259 e. The van der Waals surface area contributed by atoms with Gasteiger partial charge in [-0.15, -0.1) is 0 Å². The molecular formula is C28H31N3O3. The van der Waals surface area contributed by atoms with Crippen LogP contribution in [0.2, 0.25) is 0 Å². The van der Waals surface area contributed by atoms with E-state index >= 15 is 0 Å². The number of benzene rings is 3. The van der Waals surface area contributed by atoms with Crippen molar-refractivity contribution in [3.63, 3.8) is 0 Å². The van der Waals surface area contributed by atoms with Crippen molar-refractivity contribution in [2.45, 2.75) is 45.7 Å². The fraction of sp³-hybridized carbons (Fsp3) is 0.321. The topological polar surface area (TPSA) is 69.7 Å². The number of anilines is 1. The molecule has 0 spiro atoms. The van der Waals surface area contributed by atoms with Gasteiger partial charge < -0.3 is 10.2 Å². The van der Waals surface area contributed by atoms with Gasteiger partial charge >= 0.3 is 0 Å². The third-order valence-electron chi connectivity index (χ3n) is 6.24. The molecule has 0 fully saturated rings. The van der Waals surface area contributed by atoms with E-state index in [1.165, 1.54) is 0 Å². The highest BCUT2D eigenvalue weighted by molar-refractivity contribution is 6.26. The lowest BCUT2D eigenvalue weighted by Crippen LogP contribution is -2.53. The van der Waals surface area contributed by atoms with Gasteiger partial charge in [-0.1, -0.05) is 61.5 Å². The second-order valence-electron chi connectivity index (χ2n) is 8.98. The van der Waals surface area contributed by atoms with E-state index in [2.05, 4.69) is 5.32 Å². The van der Waals surface area contributed by atoms with Crippen LogP contribution in [0.15, 0.2) is 66.7 Å². The Labute approximate surface area is 200 Å². The van der Waals surface area contributed by atoms with Gasteiger partial charge in [0.1, 0.15) is 12.6 Å². The molecular weight excluding hydrogens is 426 g/mol. The van der Waals surface area contributed by atoms with Crippen LogP contribution in [0.5, 0.6) is 0 Å². The number of amides is 3. The summed E-state index contributed by atoms with van der Waals surface area (Å²) in [6.45, 7) is 6.01. The Morgan fingerprint density at radius 1 is 0.971 bits per heavy atom. The first kappa shape index (κ1) is 23.5. The monoisotopic (exact) mass is 457 g/mol. The van der Waals surface area contributed by atoms with Gasteiger partial charge in [0, 0.05) is 23.5 Å². The second kappa shape index (κ2) is 10.1. The first-order valence-electron chi connectivity index (χ1n) is 11.9. The highest BCUT2D eigenvalue weighted by atomic mass is 16.2. The highest BCUT2D eigenvalue weighted by Crippen LogP contribution is 2.37. The lowest BCUT2D eigenvalue weighted by Gasteiger charge is -2.32. The molecule has 6 nitrogen and oxygen atoms in total. The number of rotatable bonds is 9. The zero-order valence-corrected chi connectivity index (χ0v) is 20.0. The standard InChI is InChI=1S/C28H31N3O3/c1-4-23(27(33)29-19(2)3)30(17-16-20-10-6-5-7-11-20)25(32)18-31-24-15-9-13-21-12-8-14-22(26(21)24)28(31)34/h5-15,19,23H,4,16-18H2,1-3H3,(H,29,33)/t23-/m0/s1. The molecule has 1 aliphatic rings. The van der Waals surface area contributed by atoms with E-state index in [-0.39, 0.29) is 30.3 Å². The summed E-state index contributed by atoms with van der Waals surface area (Å²) in [4.78, 5) is 43.1. The lowest BCUT2D eigenvalue weighted by molar-refractivity contribution is -0.139. The van der Waals surface area contributed by atoms with Crippen LogP contribution >= 0.6 is 0 Å². The smallest absolute Gasteiger partial charge is 0.259 e. The van der Waals surface area contributed by atoms with Crippen LogP contribution < -0.4 is 10.2 Å². The summed E-state index contributed by atoms with van der Waals surface area (Å²) in [6.07, 6.45) is 1.12. The molecule has 0 aliphatic carbocycles. The van der Waals surface area contributed by atoms with Crippen LogP contribution in [0.1, 0.15) is 43.1 Å². The first-order chi connectivity index (χ1) is 16.4. The number of hydrogen-bond donors (Lipinski definition) is 1. The molecule has 1 heterocycles. The molecule has 0 radical (unpaired) electrons. The highest BCUT2D eigenvalue weighted by Gasteiger charge is 2.35. The van der Waals surface area contributed by atoms with Gasteiger partial charge in [-0.2, -0.15) is 0 Å². The Hall–Kier alpha value is -3.67. The third kappa shape index (κ3) is 4.67. The van der Waals surface area contributed by atoms with Gasteiger partial charge in [-0.3, -0.25) is 19.3 Å². The molecule has 1 atom stereocenters. The second-order valence-corrected chi connectivity index (χ2v) is 8.98. The fourth-order valence-corrected chi connectivity index (χ4v) is 4.64. The van der Waals surface area contributed by atoms with Gasteiger partial charge in [-0.05, 0) is 49.8 Å². The Kier molecular flexibility index (Phi) is 6.96. The Balaban J connectivity index is 1.60. The van der Waals surface area contributed by atoms with Gasteiger partial charge in [-0.25, -0.2) is 0 Å². The minimum Gasteiger partial charge on any atom is -0.352 e. The van der Waals surface area contributed by atoms with Crippen LogP contribution in [0.3, 0.4) is 0 Å². The van der Waals surface area contributed by atoms with E-state index in [9.17, 15) is 14.4 Å². The van der Waals surface area contributed by atoms with Gasteiger partial charge in [0.05, 0.1) is 5.69 Å². The molecule has 4 rings (SSSR count). The normalized spacial score (nSPS) is 13.4. The van der Waals surface area contributed by atoms with E-state index in [1.807, 2.05) is 81.4 Å². The summed E-state index contributed by atoms with van der Waals surface area (Å²) < 4.78 is 0. The van der Waals surface area contributed by atoms with Crippen molar-refractivity contribution in [1.29, 1.82) is 0 Å². The van der Waals surface area contributed by atoms with Gasteiger partial charge in [0.15, 0.2) is 0 Å². The Morgan fingerprint density at radius 2 is 1.68 bits per heavy atom. The summed E-state index contributed by atoms with van der Waals surface area (Å²) in [7, 11) is 0. The van der Waals surface area contributed by atoms with Crippen molar-refractivity contribution >= 4 is 34.2 Å². The minimum atomic E-state index is -0.602. The molecule has 3 aromatic carbocycles. The summed E-state index contributed by atoms with van der Waals surface area (Å²) >= 11 is 0. The van der Waals surface area contributed by atoms with E-state index in [0.717, 1.165) is 22.0 Å². The Bertz CT molecular complexity index is 1200. The molecule has 1 N–H and O–H groups in total. The summed E-state index contributed by atoms with van der Waals surface area (Å²) in [6, 6.07) is 20.7. The zero-order valence-electron chi connectivity index (χ0n) is 20.0. The molecule has 34 heavy (non-hydrogen) atoms. The number of hydrogen-bond acceptors (Lipinski definition) is 3. The van der Waals surface area contributed by atoms with Gasteiger partial charge in [0.2, 0.25) is 11.8 Å². The number of nitrogens with zero attached hydrogens (tertiary/aromatic N) is 2. The molecule has 0 bridgehead atoms. The van der Waals surface area contributed by atoms with Crippen molar-refractivity contribution < 1.29 is 14.4 Å². The van der Waals surface area contributed by atoms with Crippen LogP contribution in [0, 0.1) is 0 Å². The van der Waals surface area contributed by atoms with E-state index < -0.39 is 6.04 Å². The predicted molar refractivity (Wildman–Crippen MR) is 135 cm³/mol. The maximum atomic E-state index is 13.7. The summed E-state index contributed by atoms with van der Waals surface area (Å²) in [5.41, 5.74) is 2.45. The number of carbonyl (C=O) groups excluding carboxylic acids is 3. The Morgan fingerprint density at radius 3 is 2.35 bits per heavy atom. The molecule has 176 valence electrons. The van der Waals surface area contributed by atoms with Crippen LogP contribution in [-0.4, -0.2) is 47.8 Å². The molecule has 1 aliphatic heterocycles. The molecule has 0 saturated heterocycles. The molecule has 6 heteroatoms. The lowest BCUT2D eigenvalue weighted by atomic mass is 10.1. The molecule has 0 saturated carbocycles. The fourth-order valence-electron chi connectivity index (χ4n) is 4.64. The van der Waals surface area contributed by atoms with Crippen LogP contribution in [-0.2, 0) is 16.0 Å². The maximum absolute atomic E-state index is 13.7. The summed E-state index contributed by atoms with van der Waals surface area (Å²) in [5.74, 6) is -0.584. The van der Waals surface area contributed by atoms with Crippen molar-refractivity contribution in [1.82, 2.24) is 10.2 Å². The molecule has 3 aromatic rings. The minimum absolute atomic E-state index is 0.0279. The number of carbonyl (C=O) groups is 3. The molecule has 3 amide bonds. The predicted octanol–water partition coefficient (Wildman–Crippen LogP) is 4.17. The average molecular weight is 458 g/mol. The van der Waals surface area contributed by atoms with Crippen molar-refractivity contribution in [2.24, 2.45) is 0 Å². The summed E-state index contributed by atoms with van der Waals surface area (Å²) in [5, 5.41) is 4.80. The molecule has 0 unspecified atom stereocenters. The number of nitrogens with one attached hydrogen (secondary N) is 1. The largest absolute Gasteiger partial charge is 0.352 e. The quantitative estimate of drug-likeness (QED) is 0.524. The third-order valence-corrected chi connectivity index (χ3v) is 6.24. The SMILES string of the molecule is CC[C@@H](C(=O)NC(C)C)N(CCc1ccccc1)C(=O)CN1C(=O)c2cccc3cccc1c23. The van der Waals surface area contributed by atoms with E-state index in [0.29, 0.717) is 24.9 Å². The van der Waals surface area contributed by atoms with Crippen LogP contribution in [0.4, 0.5) is 5.69 Å². The van der Waals surface area contributed by atoms with E-state index in [4.69, 9.17) is 0 Å². The first-order valence-corrected chi connectivity index (χ1v) is 11.9. The van der Waals surface area contributed by atoms with Crippen molar-refractivity contribution in [2.75, 3.05) is 18.0 Å². The molecule has 0 aromatic heterocycles. The average Bonchev–Trinajstić information content (AvgIpc) is 3.09. The zero-order chi connectivity index (χ0) is 24.2. The van der Waals surface area contributed by atoms with Gasteiger partial charge in [0.25, 0.3) is 5.91 Å².